The van der Waals surface area contributed by atoms with Crippen LogP contribution in [0.1, 0.15) is 15.9 Å². The molecule has 0 aliphatic heterocycles. The number of hydrogen-bond donors (Lipinski definition) is 0. The molecule has 130 valence electrons. The summed E-state index contributed by atoms with van der Waals surface area (Å²) >= 11 is 12.0. The van der Waals surface area contributed by atoms with E-state index in [2.05, 4.69) is 10.1 Å². The summed E-state index contributed by atoms with van der Waals surface area (Å²) < 4.78 is 1.30. The SMILES string of the molecule is O=C(C(=Cc1ccc([N+](=O)[O-])cc1)n1cncn1)c1ccc(Cl)cc1Cl. The minimum absolute atomic E-state index is 0.0449. The van der Waals surface area contributed by atoms with Gasteiger partial charge in [0, 0.05) is 22.7 Å². The van der Waals surface area contributed by atoms with Gasteiger partial charge < -0.3 is 0 Å². The quantitative estimate of drug-likeness (QED) is 0.280. The lowest BCUT2D eigenvalue weighted by Crippen LogP contribution is -2.10. The smallest absolute Gasteiger partial charge is 0.269 e. The van der Waals surface area contributed by atoms with Crippen LogP contribution in [0.5, 0.6) is 0 Å². The maximum atomic E-state index is 13.0. The highest BCUT2D eigenvalue weighted by molar-refractivity contribution is 6.40. The van der Waals surface area contributed by atoms with E-state index in [1.54, 1.807) is 12.1 Å². The van der Waals surface area contributed by atoms with Crippen LogP contribution in [0, 0.1) is 10.1 Å². The van der Waals surface area contributed by atoms with Gasteiger partial charge in [0.05, 0.1) is 9.95 Å². The molecule has 0 saturated heterocycles. The third-order valence-electron chi connectivity index (χ3n) is 3.48. The van der Waals surface area contributed by atoms with E-state index in [9.17, 15) is 14.9 Å². The number of halogens is 2. The maximum absolute atomic E-state index is 13.0. The molecule has 0 unspecified atom stereocenters. The van der Waals surface area contributed by atoms with Crippen LogP contribution in [0.2, 0.25) is 10.0 Å². The monoisotopic (exact) mass is 388 g/mol. The van der Waals surface area contributed by atoms with E-state index < -0.39 is 10.7 Å². The Morgan fingerprint density at radius 1 is 1.15 bits per heavy atom. The second-order valence-electron chi connectivity index (χ2n) is 5.17. The number of allylic oxidation sites excluding steroid dienone is 1. The lowest BCUT2D eigenvalue weighted by atomic mass is 10.1. The average molecular weight is 389 g/mol. The van der Waals surface area contributed by atoms with Gasteiger partial charge in [-0.3, -0.25) is 14.9 Å². The number of nitrogens with zero attached hydrogens (tertiary/aromatic N) is 4. The number of non-ortho nitro benzene ring substituents is 1. The summed E-state index contributed by atoms with van der Waals surface area (Å²) in [4.78, 5) is 27.1. The number of rotatable bonds is 5. The van der Waals surface area contributed by atoms with Gasteiger partial charge in [-0.25, -0.2) is 9.67 Å². The summed E-state index contributed by atoms with van der Waals surface area (Å²) in [6, 6.07) is 10.3. The van der Waals surface area contributed by atoms with E-state index in [0.717, 1.165) is 0 Å². The number of carbonyl (C=O) groups is 1. The van der Waals surface area contributed by atoms with Crippen molar-refractivity contribution in [2.45, 2.75) is 0 Å². The molecule has 0 radical (unpaired) electrons. The van der Waals surface area contributed by atoms with Crippen LogP contribution in [-0.2, 0) is 0 Å². The standard InChI is InChI=1S/C17H10Cl2N4O3/c18-12-3-6-14(15(19)8-12)17(24)16(22-10-20-9-21-22)7-11-1-4-13(5-2-11)23(25)26/h1-10H. The van der Waals surface area contributed by atoms with Gasteiger partial charge in [-0.2, -0.15) is 5.10 Å². The summed E-state index contributed by atoms with van der Waals surface area (Å²) in [6.07, 6.45) is 4.21. The zero-order valence-corrected chi connectivity index (χ0v) is 14.6. The Balaban J connectivity index is 2.05. The van der Waals surface area contributed by atoms with Crippen LogP contribution in [-0.4, -0.2) is 25.5 Å². The van der Waals surface area contributed by atoms with Gasteiger partial charge in [-0.05, 0) is 42.0 Å². The average Bonchev–Trinajstić information content (AvgIpc) is 3.14. The van der Waals surface area contributed by atoms with Gasteiger partial charge in [-0.15, -0.1) is 0 Å². The highest BCUT2D eigenvalue weighted by atomic mass is 35.5. The van der Waals surface area contributed by atoms with Gasteiger partial charge >= 0.3 is 0 Å². The fourth-order valence-electron chi connectivity index (χ4n) is 2.23. The van der Waals surface area contributed by atoms with Crippen LogP contribution >= 0.6 is 23.2 Å². The van der Waals surface area contributed by atoms with Crippen molar-refractivity contribution in [3.8, 4) is 0 Å². The first-order valence-corrected chi connectivity index (χ1v) is 8.02. The predicted octanol–water partition coefficient (Wildman–Crippen LogP) is 4.37. The normalized spacial score (nSPS) is 11.4. The number of nitro groups is 1. The van der Waals surface area contributed by atoms with E-state index in [-0.39, 0.29) is 22.0 Å². The number of nitro benzene ring substituents is 1. The van der Waals surface area contributed by atoms with Crippen LogP contribution in [0.25, 0.3) is 11.8 Å². The Hall–Kier alpha value is -3.03. The zero-order valence-electron chi connectivity index (χ0n) is 13.0. The summed E-state index contributed by atoms with van der Waals surface area (Å²) in [5.41, 5.74) is 0.969. The van der Waals surface area contributed by atoms with Crippen molar-refractivity contribution in [1.82, 2.24) is 14.8 Å². The third kappa shape index (κ3) is 3.79. The summed E-state index contributed by atoms with van der Waals surface area (Å²) in [7, 11) is 0. The van der Waals surface area contributed by atoms with Crippen molar-refractivity contribution in [1.29, 1.82) is 0 Å². The Kier molecular flexibility index (Phi) is 5.11. The topological polar surface area (TPSA) is 90.9 Å². The van der Waals surface area contributed by atoms with Crippen LogP contribution in [0.3, 0.4) is 0 Å². The van der Waals surface area contributed by atoms with Crippen LogP contribution in [0.4, 0.5) is 5.69 Å². The molecule has 0 saturated carbocycles. The molecule has 26 heavy (non-hydrogen) atoms. The molecule has 0 N–H and O–H groups in total. The molecule has 0 spiro atoms. The van der Waals surface area contributed by atoms with E-state index in [1.165, 1.54) is 53.7 Å². The predicted molar refractivity (Wildman–Crippen MR) is 98.1 cm³/mol. The zero-order chi connectivity index (χ0) is 18.7. The van der Waals surface area contributed by atoms with Crippen molar-refractivity contribution >= 4 is 46.4 Å². The fraction of sp³-hybridized carbons (Fsp3) is 0. The molecule has 0 bridgehead atoms. The summed E-state index contributed by atoms with van der Waals surface area (Å²) in [5.74, 6) is -0.393. The van der Waals surface area contributed by atoms with E-state index >= 15 is 0 Å². The Morgan fingerprint density at radius 2 is 1.88 bits per heavy atom. The first kappa shape index (κ1) is 17.8. The Morgan fingerprint density at radius 3 is 2.46 bits per heavy atom. The van der Waals surface area contributed by atoms with Crippen LogP contribution in [0.15, 0.2) is 55.1 Å². The lowest BCUT2D eigenvalue weighted by Gasteiger charge is -2.08. The lowest BCUT2D eigenvalue weighted by molar-refractivity contribution is -0.384. The van der Waals surface area contributed by atoms with Crippen LogP contribution < -0.4 is 0 Å². The molecular formula is C17H10Cl2N4O3. The second kappa shape index (κ2) is 7.47. The number of ketones is 1. The van der Waals surface area contributed by atoms with Gasteiger partial charge in [0.15, 0.2) is 0 Å². The third-order valence-corrected chi connectivity index (χ3v) is 4.03. The van der Waals surface area contributed by atoms with Crippen molar-refractivity contribution in [2.75, 3.05) is 0 Å². The molecule has 0 aliphatic rings. The van der Waals surface area contributed by atoms with E-state index in [1.807, 2.05) is 0 Å². The first-order valence-electron chi connectivity index (χ1n) is 7.26. The first-order chi connectivity index (χ1) is 12.5. The highest BCUT2D eigenvalue weighted by Gasteiger charge is 2.18. The number of Topliss-reactive ketones (excluding diaryl/α,β-unsaturated/α-hetero) is 1. The molecule has 9 heteroatoms. The number of hydrogen-bond acceptors (Lipinski definition) is 5. The van der Waals surface area contributed by atoms with Gasteiger partial charge in [0.25, 0.3) is 5.69 Å². The van der Waals surface area contributed by atoms with Gasteiger partial charge in [-0.1, -0.05) is 23.2 Å². The van der Waals surface area contributed by atoms with E-state index in [4.69, 9.17) is 23.2 Å². The Labute approximate surface area is 157 Å². The van der Waals surface area contributed by atoms with Crippen molar-refractivity contribution in [3.63, 3.8) is 0 Å². The minimum atomic E-state index is -0.496. The van der Waals surface area contributed by atoms with Gasteiger partial charge in [0.2, 0.25) is 5.78 Å². The Bertz CT molecular complexity index is 999. The summed E-state index contributed by atoms with van der Waals surface area (Å²) in [6.45, 7) is 0. The fourth-order valence-corrected chi connectivity index (χ4v) is 2.72. The molecule has 1 aromatic heterocycles. The number of aromatic nitrogens is 3. The molecule has 0 fully saturated rings. The molecule has 2 aromatic carbocycles. The van der Waals surface area contributed by atoms with E-state index in [0.29, 0.717) is 10.6 Å². The molecule has 0 aliphatic carbocycles. The largest absolute Gasteiger partial charge is 0.287 e. The molecular weight excluding hydrogens is 379 g/mol. The van der Waals surface area contributed by atoms with Crippen molar-refractivity contribution in [3.05, 3.63) is 86.4 Å². The van der Waals surface area contributed by atoms with Crippen molar-refractivity contribution < 1.29 is 9.72 Å². The molecule has 3 rings (SSSR count). The summed E-state index contributed by atoms with van der Waals surface area (Å²) in [5, 5.41) is 15.4. The molecule has 0 atom stereocenters. The minimum Gasteiger partial charge on any atom is -0.287 e. The molecule has 1 heterocycles. The highest BCUT2D eigenvalue weighted by Crippen LogP contribution is 2.26. The number of carbonyl (C=O) groups excluding carboxylic acids is 1. The maximum Gasteiger partial charge on any atom is 0.269 e. The van der Waals surface area contributed by atoms with Gasteiger partial charge in [0.1, 0.15) is 18.4 Å². The molecule has 7 nitrogen and oxygen atoms in total. The number of benzene rings is 2. The van der Waals surface area contributed by atoms with Crippen molar-refractivity contribution in [2.24, 2.45) is 0 Å². The molecule has 3 aromatic rings. The second-order valence-corrected chi connectivity index (χ2v) is 6.02. The molecule has 0 amide bonds.